The Morgan fingerprint density at radius 2 is 1.88 bits per heavy atom. The standard InChI is InChI=1S/C13H22ClNO/c14-9-11-6-1-2-7-12(11)15-13(16)8-10-4-3-5-10/h10-12H,1-9H2,(H,15,16). The molecule has 0 saturated heterocycles. The maximum absolute atomic E-state index is 11.8. The minimum atomic E-state index is 0.256. The van der Waals surface area contributed by atoms with Gasteiger partial charge in [0, 0.05) is 18.3 Å². The van der Waals surface area contributed by atoms with Crippen molar-refractivity contribution in [1.82, 2.24) is 5.32 Å². The number of rotatable bonds is 4. The van der Waals surface area contributed by atoms with Gasteiger partial charge >= 0.3 is 0 Å². The summed E-state index contributed by atoms with van der Waals surface area (Å²) in [7, 11) is 0. The van der Waals surface area contributed by atoms with Crippen LogP contribution in [0.1, 0.15) is 51.4 Å². The first-order valence-electron chi connectivity index (χ1n) is 6.65. The zero-order valence-electron chi connectivity index (χ0n) is 9.88. The smallest absolute Gasteiger partial charge is 0.220 e. The number of carbonyl (C=O) groups is 1. The van der Waals surface area contributed by atoms with E-state index in [1.807, 2.05) is 0 Å². The van der Waals surface area contributed by atoms with Gasteiger partial charge in [-0.05, 0) is 37.5 Å². The Labute approximate surface area is 103 Å². The molecule has 0 aromatic heterocycles. The van der Waals surface area contributed by atoms with Crippen LogP contribution in [-0.4, -0.2) is 17.8 Å². The molecule has 2 aliphatic carbocycles. The largest absolute Gasteiger partial charge is 0.353 e. The van der Waals surface area contributed by atoms with Gasteiger partial charge in [-0.3, -0.25) is 4.79 Å². The first-order chi connectivity index (χ1) is 7.79. The van der Waals surface area contributed by atoms with Gasteiger partial charge in [-0.25, -0.2) is 0 Å². The van der Waals surface area contributed by atoms with Crippen molar-refractivity contribution in [2.24, 2.45) is 11.8 Å². The van der Waals surface area contributed by atoms with Crippen LogP contribution in [0, 0.1) is 11.8 Å². The second-order valence-electron chi connectivity index (χ2n) is 5.37. The fourth-order valence-corrected chi connectivity index (χ4v) is 3.18. The average Bonchev–Trinajstić information content (AvgIpc) is 2.24. The Hall–Kier alpha value is -0.240. The molecule has 2 aliphatic rings. The van der Waals surface area contributed by atoms with Crippen LogP contribution < -0.4 is 5.32 Å². The summed E-state index contributed by atoms with van der Waals surface area (Å²) in [5.74, 6) is 2.11. The van der Waals surface area contributed by atoms with Gasteiger partial charge in [-0.1, -0.05) is 19.3 Å². The third kappa shape index (κ3) is 3.13. The minimum Gasteiger partial charge on any atom is -0.353 e. The van der Waals surface area contributed by atoms with E-state index in [1.54, 1.807) is 0 Å². The predicted molar refractivity (Wildman–Crippen MR) is 66.6 cm³/mol. The Morgan fingerprint density at radius 3 is 2.50 bits per heavy atom. The van der Waals surface area contributed by atoms with Crippen molar-refractivity contribution in [3.05, 3.63) is 0 Å². The van der Waals surface area contributed by atoms with Gasteiger partial charge in [-0.2, -0.15) is 0 Å². The van der Waals surface area contributed by atoms with E-state index in [4.69, 9.17) is 11.6 Å². The highest BCUT2D eigenvalue weighted by Crippen LogP contribution is 2.30. The van der Waals surface area contributed by atoms with Crippen LogP contribution >= 0.6 is 11.6 Å². The van der Waals surface area contributed by atoms with E-state index < -0.39 is 0 Å². The van der Waals surface area contributed by atoms with Crippen LogP contribution in [-0.2, 0) is 4.79 Å². The zero-order chi connectivity index (χ0) is 11.4. The van der Waals surface area contributed by atoms with E-state index in [-0.39, 0.29) is 5.91 Å². The lowest BCUT2D eigenvalue weighted by Gasteiger charge is -2.32. The van der Waals surface area contributed by atoms with E-state index in [1.165, 1.54) is 38.5 Å². The monoisotopic (exact) mass is 243 g/mol. The van der Waals surface area contributed by atoms with Crippen LogP contribution in [0.4, 0.5) is 0 Å². The fraction of sp³-hybridized carbons (Fsp3) is 0.923. The summed E-state index contributed by atoms with van der Waals surface area (Å²) in [4.78, 5) is 11.8. The lowest BCUT2D eigenvalue weighted by molar-refractivity contribution is -0.123. The van der Waals surface area contributed by atoms with E-state index in [2.05, 4.69) is 5.32 Å². The van der Waals surface area contributed by atoms with Gasteiger partial charge < -0.3 is 5.32 Å². The van der Waals surface area contributed by atoms with Crippen LogP contribution in [0.2, 0.25) is 0 Å². The topological polar surface area (TPSA) is 29.1 Å². The number of halogens is 1. The molecule has 3 heteroatoms. The molecule has 0 heterocycles. The number of alkyl halides is 1. The van der Waals surface area contributed by atoms with Gasteiger partial charge in [-0.15, -0.1) is 11.6 Å². The molecule has 0 aliphatic heterocycles. The van der Waals surface area contributed by atoms with Crippen LogP contribution in [0.5, 0.6) is 0 Å². The second kappa shape index (κ2) is 5.90. The summed E-state index contributed by atoms with van der Waals surface area (Å²) in [5.41, 5.74) is 0. The van der Waals surface area contributed by atoms with Gasteiger partial charge in [0.25, 0.3) is 0 Å². The number of hydrogen-bond acceptors (Lipinski definition) is 1. The summed E-state index contributed by atoms with van der Waals surface area (Å²) >= 11 is 5.95. The van der Waals surface area contributed by atoms with Gasteiger partial charge in [0.1, 0.15) is 0 Å². The first-order valence-corrected chi connectivity index (χ1v) is 7.18. The van der Waals surface area contributed by atoms with Crippen LogP contribution in [0.3, 0.4) is 0 Å². The fourth-order valence-electron chi connectivity index (χ4n) is 2.81. The summed E-state index contributed by atoms with van der Waals surface area (Å²) in [5, 5.41) is 3.20. The Balaban J connectivity index is 1.75. The lowest BCUT2D eigenvalue weighted by Crippen LogP contribution is -2.43. The molecular weight excluding hydrogens is 222 g/mol. The zero-order valence-corrected chi connectivity index (χ0v) is 10.6. The third-order valence-corrected chi connectivity index (χ3v) is 4.55. The molecule has 0 aromatic carbocycles. The van der Waals surface area contributed by atoms with E-state index in [0.29, 0.717) is 23.8 Å². The molecular formula is C13H22ClNO. The molecule has 0 aromatic rings. The normalized spacial score (nSPS) is 30.8. The molecule has 16 heavy (non-hydrogen) atoms. The minimum absolute atomic E-state index is 0.256. The molecule has 2 saturated carbocycles. The number of carbonyl (C=O) groups excluding carboxylic acids is 1. The molecule has 1 amide bonds. The Morgan fingerprint density at radius 1 is 1.12 bits per heavy atom. The van der Waals surface area contributed by atoms with Crippen molar-refractivity contribution >= 4 is 17.5 Å². The predicted octanol–water partition coefficient (Wildman–Crippen LogP) is 3.09. The molecule has 0 radical (unpaired) electrons. The van der Waals surface area contributed by atoms with E-state index in [0.717, 1.165) is 12.8 Å². The average molecular weight is 244 g/mol. The molecule has 1 N–H and O–H groups in total. The Bertz CT molecular complexity index is 240. The summed E-state index contributed by atoms with van der Waals surface area (Å²) in [6.07, 6.45) is 9.35. The highest BCUT2D eigenvalue weighted by molar-refractivity contribution is 6.18. The summed E-state index contributed by atoms with van der Waals surface area (Å²) < 4.78 is 0. The maximum atomic E-state index is 11.8. The first kappa shape index (κ1) is 12.2. The molecule has 2 fully saturated rings. The molecule has 2 atom stereocenters. The van der Waals surface area contributed by atoms with Crippen molar-refractivity contribution in [2.75, 3.05) is 5.88 Å². The number of hydrogen-bond donors (Lipinski definition) is 1. The molecule has 2 unspecified atom stereocenters. The molecule has 2 nitrogen and oxygen atoms in total. The number of nitrogens with one attached hydrogen (secondary N) is 1. The molecule has 92 valence electrons. The van der Waals surface area contributed by atoms with E-state index >= 15 is 0 Å². The highest BCUT2D eigenvalue weighted by atomic mass is 35.5. The van der Waals surface area contributed by atoms with Crippen LogP contribution in [0.25, 0.3) is 0 Å². The van der Waals surface area contributed by atoms with Gasteiger partial charge in [0.05, 0.1) is 0 Å². The number of amides is 1. The highest BCUT2D eigenvalue weighted by Gasteiger charge is 2.27. The van der Waals surface area contributed by atoms with Crippen molar-refractivity contribution in [3.8, 4) is 0 Å². The van der Waals surface area contributed by atoms with Gasteiger partial charge in [0.15, 0.2) is 0 Å². The van der Waals surface area contributed by atoms with E-state index in [9.17, 15) is 4.79 Å². The van der Waals surface area contributed by atoms with Crippen molar-refractivity contribution in [3.63, 3.8) is 0 Å². The molecule has 0 bridgehead atoms. The van der Waals surface area contributed by atoms with Crippen molar-refractivity contribution in [2.45, 2.75) is 57.4 Å². The Kier molecular flexibility index (Phi) is 4.51. The van der Waals surface area contributed by atoms with Crippen molar-refractivity contribution in [1.29, 1.82) is 0 Å². The van der Waals surface area contributed by atoms with Crippen LogP contribution in [0.15, 0.2) is 0 Å². The quantitative estimate of drug-likeness (QED) is 0.756. The molecule has 2 rings (SSSR count). The summed E-state index contributed by atoms with van der Waals surface area (Å²) in [6, 6.07) is 0.346. The lowest BCUT2D eigenvalue weighted by atomic mass is 9.82. The third-order valence-electron chi connectivity index (χ3n) is 4.15. The van der Waals surface area contributed by atoms with Crippen molar-refractivity contribution < 1.29 is 4.79 Å². The maximum Gasteiger partial charge on any atom is 0.220 e. The van der Waals surface area contributed by atoms with Gasteiger partial charge in [0.2, 0.25) is 5.91 Å². The molecule has 0 spiro atoms. The SMILES string of the molecule is O=C(CC1CCC1)NC1CCCCC1CCl. The summed E-state index contributed by atoms with van der Waals surface area (Å²) in [6.45, 7) is 0. The second-order valence-corrected chi connectivity index (χ2v) is 5.68.